The Morgan fingerprint density at radius 1 is 1.38 bits per heavy atom. The second-order valence-electron chi connectivity index (χ2n) is 4.29. The molecule has 0 saturated heterocycles. The summed E-state index contributed by atoms with van der Waals surface area (Å²) in [6.45, 7) is 1.98. The summed E-state index contributed by atoms with van der Waals surface area (Å²) in [4.78, 5) is 4.22. The number of thioether (sulfide) groups is 1. The molecule has 0 bridgehead atoms. The molecule has 1 aliphatic rings. The van der Waals surface area contributed by atoms with E-state index in [1.807, 2.05) is 6.92 Å². The van der Waals surface area contributed by atoms with Crippen LogP contribution in [-0.4, -0.2) is 21.4 Å². The lowest BCUT2D eigenvalue weighted by molar-refractivity contribution is 0.163. The number of anilines is 1. The quantitative estimate of drug-likeness (QED) is 0.801. The van der Waals surface area contributed by atoms with Crippen molar-refractivity contribution in [1.82, 2.24) is 4.98 Å². The van der Waals surface area contributed by atoms with E-state index in [-0.39, 0.29) is 6.10 Å². The third kappa shape index (κ3) is 2.90. The highest BCUT2D eigenvalue weighted by Gasteiger charge is 2.24. The normalized spacial score (nSPS) is 26.6. The van der Waals surface area contributed by atoms with Crippen molar-refractivity contribution in [2.24, 2.45) is 0 Å². The average molecular weight is 258 g/mol. The lowest BCUT2D eigenvalue weighted by atomic mass is 10.1. The van der Waals surface area contributed by atoms with E-state index in [1.54, 1.807) is 11.8 Å². The van der Waals surface area contributed by atoms with Gasteiger partial charge in [0.15, 0.2) is 5.13 Å². The summed E-state index contributed by atoms with van der Waals surface area (Å²) in [7, 11) is 0. The minimum absolute atomic E-state index is 0.171. The van der Waals surface area contributed by atoms with Crippen LogP contribution < -0.4 is 5.73 Å². The summed E-state index contributed by atoms with van der Waals surface area (Å²) in [6, 6.07) is 0. The highest BCUT2D eigenvalue weighted by molar-refractivity contribution is 8.01. The Morgan fingerprint density at radius 2 is 2.12 bits per heavy atom. The van der Waals surface area contributed by atoms with E-state index < -0.39 is 0 Å². The summed E-state index contributed by atoms with van der Waals surface area (Å²) in [5.74, 6) is 0. The molecule has 1 aromatic heterocycles. The third-order valence-corrected chi connectivity index (χ3v) is 5.63. The molecule has 90 valence electrons. The molecule has 3 nitrogen and oxygen atoms in total. The SMILES string of the molecule is Cc1nc(N)sc1SC1CCCCCC1O. The molecule has 1 aliphatic carbocycles. The number of hydrogen-bond donors (Lipinski definition) is 2. The minimum atomic E-state index is -0.171. The van der Waals surface area contributed by atoms with Crippen LogP contribution >= 0.6 is 23.1 Å². The molecular formula is C11H18N2OS2. The fourth-order valence-electron chi connectivity index (χ4n) is 2.04. The Bertz CT molecular complexity index is 354. The lowest BCUT2D eigenvalue weighted by Gasteiger charge is -2.18. The average Bonchev–Trinajstić information content (AvgIpc) is 2.43. The molecule has 1 saturated carbocycles. The van der Waals surface area contributed by atoms with E-state index in [0.29, 0.717) is 10.4 Å². The van der Waals surface area contributed by atoms with E-state index >= 15 is 0 Å². The largest absolute Gasteiger partial charge is 0.392 e. The molecule has 3 N–H and O–H groups in total. The van der Waals surface area contributed by atoms with Crippen molar-refractivity contribution in [3.63, 3.8) is 0 Å². The third-order valence-electron chi connectivity index (χ3n) is 2.95. The number of rotatable bonds is 2. The van der Waals surface area contributed by atoms with Crippen LogP contribution in [0.15, 0.2) is 4.21 Å². The van der Waals surface area contributed by atoms with Gasteiger partial charge in [-0.1, -0.05) is 30.6 Å². The molecule has 16 heavy (non-hydrogen) atoms. The molecule has 0 aromatic carbocycles. The highest BCUT2D eigenvalue weighted by atomic mass is 32.2. The first kappa shape index (κ1) is 12.2. The molecule has 2 atom stereocenters. The van der Waals surface area contributed by atoms with E-state index in [2.05, 4.69) is 4.98 Å². The first-order valence-corrected chi connectivity index (χ1v) is 7.44. The van der Waals surface area contributed by atoms with Gasteiger partial charge in [-0.2, -0.15) is 0 Å². The molecule has 0 radical (unpaired) electrons. The van der Waals surface area contributed by atoms with Gasteiger partial charge in [0.05, 0.1) is 16.0 Å². The van der Waals surface area contributed by atoms with Crippen LogP contribution in [-0.2, 0) is 0 Å². The Labute approximate surface area is 104 Å². The zero-order valence-corrected chi connectivity index (χ0v) is 11.1. The van der Waals surface area contributed by atoms with Gasteiger partial charge in [-0.05, 0) is 19.8 Å². The monoisotopic (exact) mass is 258 g/mol. The van der Waals surface area contributed by atoms with Crippen molar-refractivity contribution in [1.29, 1.82) is 0 Å². The highest BCUT2D eigenvalue weighted by Crippen LogP contribution is 2.38. The van der Waals surface area contributed by atoms with Crippen LogP contribution in [0.1, 0.15) is 37.8 Å². The van der Waals surface area contributed by atoms with E-state index in [1.165, 1.54) is 28.4 Å². The number of nitrogens with zero attached hydrogens (tertiary/aromatic N) is 1. The van der Waals surface area contributed by atoms with Gasteiger partial charge in [-0.15, -0.1) is 11.8 Å². The fraction of sp³-hybridized carbons (Fsp3) is 0.727. The van der Waals surface area contributed by atoms with Gasteiger partial charge in [-0.3, -0.25) is 0 Å². The van der Waals surface area contributed by atoms with Crippen molar-refractivity contribution in [3.05, 3.63) is 5.69 Å². The van der Waals surface area contributed by atoms with Crippen LogP contribution in [0.4, 0.5) is 5.13 Å². The first-order chi connectivity index (χ1) is 7.66. The van der Waals surface area contributed by atoms with Crippen molar-refractivity contribution in [2.45, 2.75) is 54.6 Å². The van der Waals surface area contributed by atoms with Gasteiger partial charge >= 0.3 is 0 Å². The van der Waals surface area contributed by atoms with Crippen LogP contribution in [0.25, 0.3) is 0 Å². The maximum Gasteiger partial charge on any atom is 0.181 e. The van der Waals surface area contributed by atoms with E-state index in [9.17, 15) is 5.11 Å². The van der Waals surface area contributed by atoms with Crippen molar-refractivity contribution < 1.29 is 5.11 Å². The van der Waals surface area contributed by atoms with Gasteiger partial charge in [0.25, 0.3) is 0 Å². The van der Waals surface area contributed by atoms with Crippen molar-refractivity contribution in [2.75, 3.05) is 5.73 Å². The summed E-state index contributed by atoms with van der Waals surface area (Å²) >= 11 is 3.29. The topological polar surface area (TPSA) is 59.1 Å². The van der Waals surface area contributed by atoms with Gasteiger partial charge in [0, 0.05) is 5.25 Å². The van der Waals surface area contributed by atoms with Crippen molar-refractivity contribution >= 4 is 28.2 Å². The van der Waals surface area contributed by atoms with Crippen LogP contribution in [0, 0.1) is 6.92 Å². The maximum atomic E-state index is 10.0. The molecule has 0 amide bonds. The molecule has 1 heterocycles. The zero-order valence-electron chi connectivity index (χ0n) is 9.48. The predicted molar refractivity (Wildman–Crippen MR) is 70.0 cm³/mol. The number of hydrogen-bond acceptors (Lipinski definition) is 5. The number of aliphatic hydroxyl groups excluding tert-OH is 1. The number of aromatic nitrogens is 1. The number of aryl methyl sites for hydroxylation is 1. The molecule has 1 aromatic rings. The second kappa shape index (κ2) is 5.38. The van der Waals surface area contributed by atoms with Crippen LogP contribution in [0.3, 0.4) is 0 Å². The predicted octanol–water partition coefficient (Wildman–Crippen LogP) is 2.82. The molecule has 2 rings (SSSR count). The summed E-state index contributed by atoms with van der Waals surface area (Å²) in [5.41, 5.74) is 6.69. The van der Waals surface area contributed by atoms with Crippen LogP contribution in [0.2, 0.25) is 0 Å². The van der Waals surface area contributed by atoms with E-state index in [4.69, 9.17) is 5.73 Å². The number of aliphatic hydroxyl groups is 1. The van der Waals surface area contributed by atoms with Gasteiger partial charge in [0.2, 0.25) is 0 Å². The molecule has 2 unspecified atom stereocenters. The summed E-state index contributed by atoms with van der Waals surface area (Å²) in [5, 5.41) is 11.0. The smallest absolute Gasteiger partial charge is 0.181 e. The molecule has 5 heteroatoms. The number of nitrogens with two attached hydrogens (primary N) is 1. The standard InChI is InChI=1S/C11H18N2OS2/c1-7-10(16-11(12)13-7)15-9-6-4-2-3-5-8(9)14/h8-9,14H,2-6H2,1H3,(H2,12,13). The molecule has 0 aliphatic heterocycles. The van der Waals surface area contributed by atoms with Gasteiger partial charge in [-0.25, -0.2) is 4.98 Å². The van der Waals surface area contributed by atoms with E-state index in [0.717, 1.165) is 25.0 Å². The molecule has 0 spiro atoms. The lowest BCUT2D eigenvalue weighted by Crippen LogP contribution is -2.20. The Hall–Kier alpha value is -0.260. The minimum Gasteiger partial charge on any atom is -0.392 e. The van der Waals surface area contributed by atoms with Gasteiger partial charge < -0.3 is 10.8 Å². The first-order valence-electron chi connectivity index (χ1n) is 5.74. The fourth-order valence-corrected chi connectivity index (χ4v) is 4.50. The molecular weight excluding hydrogens is 240 g/mol. The second-order valence-corrected chi connectivity index (χ2v) is 6.83. The number of thiazole rings is 1. The van der Waals surface area contributed by atoms with Gasteiger partial charge in [0.1, 0.15) is 0 Å². The zero-order chi connectivity index (χ0) is 11.5. The summed E-state index contributed by atoms with van der Waals surface area (Å²) < 4.78 is 1.17. The summed E-state index contributed by atoms with van der Waals surface area (Å²) in [6.07, 6.45) is 5.49. The Balaban J connectivity index is 2.04. The maximum absolute atomic E-state index is 10.0. The Morgan fingerprint density at radius 3 is 2.81 bits per heavy atom. The Kier molecular flexibility index (Phi) is 4.10. The van der Waals surface area contributed by atoms with Crippen LogP contribution in [0.5, 0.6) is 0 Å². The molecule has 1 fully saturated rings. The van der Waals surface area contributed by atoms with Crippen molar-refractivity contribution in [3.8, 4) is 0 Å². The number of nitrogen functional groups attached to an aromatic ring is 1.